The molecule has 0 radical (unpaired) electrons. The van der Waals surface area contributed by atoms with Crippen LogP contribution < -0.4 is 5.32 Å². The summed E-state index contributed by atoms with van der Waals surface area (Å²) in [5, 5.41) is 3.40. The molecule has 74 valence electrons. The molecule has 0 aromatic carbocycles. The fourth-order valence-electron chi connectivity index (χ4n) is 1.10. The Morgan fingerprint density at radius 2 is 1.83 bits per heavy atom. The van der Waals surface area contributed by atoms with Gasteiger partial charge in [0.2, 0.25) is 0 Å². The summed E-state index contributed by atoms with van der Waals surface area (Å²) in [6.07, 6.45) is 3.75. The second-order valence-corrected chi connectivity index (χ2v) is 3.63. The molecule has 0 atom stereocenters. The first kappa shape index (κ1) is 11.9. The lowest BCUT2D eigenvalue weighted by molar-refractivity contribution is 0.194. The number of nitrogens with one attached hydrogen (secondary N) is 1. The number of methoxy groups -OCH3 is 1. The highest BCUT2D eigenvalue weighted by molar-refractivity contribution is 4.50. The minimum Gasteiger partial charge on any atom is -0.385 e. The largest absolute Gasteiger partial charge is 0.385 e. The summed E-state index contributed by atoms with van der Waals surface area (Å²) in [5.74, 6) is 0.839. The van der Waals surface area contributed by atoms with Gasteiger partial charge >= 0.3 is 0 Å². The third kappa shape index (κ3) is 9.92. The number of hydrogen-bond donors (Lipinski definition) is 1. The van der Waals surface area contributed by atoms with Gasteiger partial charge in [-0.3, -0.25) is 0 Å². The van der Waals surface area contributed by atoms with E-state index in [0.717, 1.165) is 32.0 Å². The van der Waals surface area contributed by atoms with Crippen molar-refractivity contribution in [3.63, 3.8) is 0 Å². The minimum atomic E-state index is 0.839. The highest BCUT2D eigenvalue weighted by Gasteiger charge is 1.92. The van der Waals surface area contributed by atoms with Gasteiger partial charge in [-0.2, -0.15) is 0 Å². The molecule has 0 saturated carbocycles. The van der Waals surface area contributed by atoms with Gasteiger partial charge in [-0.15, -0.1) is 0 Å². The summed E-state index contributed by atoms with van der Waals surface area (Å²) in [7, 11) is 1.75. The molecular weight excluding hydrogens is 150 g/mol. The summed E-state index contributed by atoms with van der Waals surface area (Å²) >= 11 is 0. The maximum atomic E-state index is 4.95. The molecule has 2 nitrogen and oxygen atoms in total. The van der Waals surface area contributed by atoms with Crippen molar-refractivity contribution in [3.05, 3.63) is 0 Å². The van der Waals surface area contributed by atoms with Crippen molar-refractivity contribution in [1.29, 1.82) is 0 Å². The van der Waals surface area contributed by atoms with Crippen molar-refractivity contribution < 1.29 is 4.74 Å². The van der Waals surface area contributed by atoms with Gasteiger partial charge in [0.1, 0.15) is 0 Å². The summed E-state index contributed by atoms with van der Waals surface area (Å²) in [6, 6.07) is 0. The Morgan fingerprint density at radius 1 is 1.17 bits per heavy atom. The molecule has 0 aliphatic heterocycles. The maximum Gasteiger partial charge on any atom is 0.0474 e. The molecule has 0 aliphatic rings. The SMILES string of the molecule is COCCCNCCCC(C)C. The van der Waals surface area contributed by atoms with Gasteiger partial charge in [0, 0.05) is 13.7 Å². The fourth-order valence-corrected chi connectivity index (χ4v) is 1.10. The van der Waals surface area contributed by atoms with Crippen molar-refractivity contribution in [1.82, 2.24) is 5.32 Å². The van der Waals surface area contributed by atoms with Crippen LogP contribution in [0.2, 0.25) is 0 Å². The Balaban J connectivity index is 2.82. The quantitative estimate of drug-likeness (QED) is 0.567. The molecule has 0 unspecified atom stereocenters. The zero-order valence-electron chi connectivity index (χ0n) is 8.73. The first-order chi connectivity index (χ1) is 5.77. The van der Waals surface area contributed by atoms with Crippen molar-refractivity contribution in [2.45, 2.75) is 33.1 Å². The van der Waals surface area contributed by atoms with Gasteiger partial charge in [-0.05, 0) is 38.3 Å². The van der Waals surface area contributed by atoms with Crippen LogP contribution in [0.15, 0.2) is 0 Å². The summed E-state index contributed by atoms with van der Waals surface area (Å²) in [5.41, 5.74) is 0. The van der Waals surface area contributed by atoms with E-state index in [1.807, 2.05) is 0 Å². The van der Waals surface area contributed by atoms with E-state index in [-0.39, 0.29) is 0 Å². The minimum absolute atomic E-state index is 0.839. The Kier molecular flexibility index (Phi) is 8.95. The fraction of sp³-hybridized carbons (Fsp3) is 1.00. The standard InChI is InChI=1S/C10H23NO/c1-10(2)6-4-7-11-8-5-9-12-3/h10-11H,4-9H2,1-3H3. The molecule has 1 N–H and O–H groups in total. The Bertz CT molecular complexity index is 83.9. The third-order valence-corrected chi connectivity index (χ3v) is 1.84. The molecular formula is C10H23NO. The molecule has 0 aromatic rings. The highest BCUT2D eigenvalue weighted by Crippen LogP contribution is 2.01. The van der Waals surface area contributed by atoms with Gasteiger partial charge in [-0.25, -0.2) is 0 Å². The average Bonchev–Trinajstić information content (AvgIpc) is 2.02. The van der Waals surface area contributed by atoms with E-state index in [1.165, 1.54) is 12.8 Å². The average molecular weight is 173 g/mol. The predicted octanol–water partition coefficient (Wildman–Crippen LogP) is 2.05. The molecule has 0 bridgehead atoms. The topological polar surface area (TPSA) is 21.3 Å². The Labute approximate surface area is 76.7 Å². The van der Waals surface area contributed by atoms with Crippen LogP contribution in [0.25, 0.3) is 0 Å². The lowest BCUT2D eigenvalue weighted by atomic mass is 10.1. The second kappa shape index (κ2) is 9.01. The first-order valence-electron chi connectivity index (χ1n) is 4.97. The molecule has 0 amide bonds. The second-order valence-electron chi connectivity index (χ2n) is 3.63. The van der Waals surface area contributed by atoms with Crippen molar-refractivity contribution in [3.8, 4) is 0 Å². The molecule has 2 heteroatoms. The van der Waals surface area contributed by atoms with Crippen molar-refractivity contribution in [2.24, 2.45) is 5.92 Å². The number of hydrogen-bond acceptors (Lipinski definition) is 2. The Hall–Kier alpha value is -0.0800. The van der Waals surface area contributed by atoms with E-state index in [1.54, 1.807) is 7.11 Å². The van der Waals surface area contributed by atoms with Crippen LogP contribution in [0.5, 0.6) is 0 Å². The highest BCUT2D eigenvalue weighted by atomic mass is 16.5. The Morgan fingerprint density at radius 3 is 2.42 bits per heavy atom. The van der Waals surface area contributed by atoms with Gasteiger partial charge < -0.3 is 10.1 Å². The van der Waals surface area contributed by atoms with Crippen LogP contribution in [-0.4, -0.2) is 26.8 Å². The van der Waals surface area contributed by atoms with Gasteiger partial charge in [-0.1, -0.05) is 13.8 Å². The van der Waals surface area contributed by atoms with Crippen LogP contribution in [0.3, 0.4) is 0 Å². The molecule has 0 spiro atoms. The normalized spacial score (nSPS) is 11.0. The van der Waals surface area contributed by atoms with E-state index in [2.05, 4.69) is 19.2 Å². The summed E-state index contributed by atoms with van der Waals surface area (Å²) in [4.78, 5) is 0. The lowest BCUT2D eigenvalue weighted by Gasteiger charge is -2.05. The van der Waals surface area contributed by atoms with Crippen LogP contribution in [-0.2, 0) is 4.74 Å². The predicted molar refractivity (Wildman–Crippen MR) is 53.4 cm³/mol. The van der Waals surface area contributed by atoms with Gasteiger partial charge in [0.15, 0.2) is 0 Å². The molecule has 0 fully saturated rings. The monoisotopic (exact) mass is 173 g/mol. The summed E-state index contributed by atoms with van der Waals surface area (Å²) < 4.78 is 4.95. The van der Waals surface area contributed by atoms with Crippen molar-refractivity contribution in [2.75, 3.05) is 26.8 Å². The third-order valence-electron chi connectivity index (χ3n) is 1.84. The number of ether oxygens (including phenoxy) is 1. The van der Waals surface area contributed by atoms with E-state index >= 15 is 0 Å². The van der Waals surface area contributed by atoms with Crippen LogP contribution >= 0.6 is 0 Å². The maximum absolute atomic E-state index is 4.95. The molecule has 0 aromatic heterocycles. The summed E-state index contributed by atoms with van der Waals surface area (Å²) in [6.45, 7) is 7.65. The van der Waals surface area contributed by atoms with Gasteiger partial charge in [0.25, 0.3) is 0 Å². The zero-order valence-corrected chi connectivity index (χ0v) is 8.73. The molecule has 0 saturated heterocycles. The van der Waals surface area contributed by atoms with Crippen LogP contribution in [0.1, 0.15) is 33.1 Å². The molecule has 0 aliphatic carbocycles. The van der Waals surface area contributed by atoms with E-state index in [0.29, 0.717) is 0 Å². The number of rotatable bonds is 8. The van der Waals surface area contributed by atoms with E-state index in [4.69, 9.17) is 4.74 Å². The van der Waals surface area contributed by atoms with Crippen LogP contribution in [0, 0.1) is 5.92 Å². The molecule has 0 rings (SSSR count). The smallest absolute Gasteiger partial charge is 0.0474 e. The lowest BCUT2D eigenvalue weighted by Crippen LogP contribution is -2.18. The first-order valence-corrected chi connectivity index (χ1v) is 4.97. The van der Waals surface area contributed by atoms with Crippen molar-refractivity contribution >= 4 is 0 Å². The zero-order chi connectivity index (χ0) is 9.23. The van der Waals surface area contributed by atoms with Gasteiger partial charge in [0.05, 0.1) is 0 Å². The molecule has 12 heavy (non-hydrogen) atoms. The van der Waals surface area contributed by atoms with Crippen LogP contribution in [0.4, 0.5) is 0 Å². The molecule has 0 heterocycles. The van der Waals surface area contributed by atoms with E-state index in [9.17, 15) is 0 Å². The van der Waals surface area contributed by atoms with E-state index < -0.39 is 0 Å².